The minimum atomic E-state index is -0.419. The summed E-state index contributed by atoms with van der Waals surface area (Å²) in [6.07, 6.45) is -0.419. The van der Waals surface area contributed by atoms with Gasteiger partial charge in [-0.2, -0.15) is 0 Å². The number of morpholine rings is 1. The molecule has 1 atom stereocenters. The molecule has 5 nitrogen and oxygen atoms in total. The first-order chi connectivity index (χ1) is 9.70. The second-order valence-electron chi connectivity index (χ2n) is 4.59. The van der Waals surface area contributed by atoms with E-state index in [1.807, 2.05) is 24.3 Å². The standard InChI is InChI=1S/C14H19ClN2O3/c1-19-14(18)16-10-13(17-6-8-20-9-7-17)11-2-4-12(15)5-3-11/h2-5,13H,6-10H2,1H3,(H,16,18). The average molecular weight is 299 g/mol. The summed E-state index contributed by atoms with van der Waals surface area (Å²) in [5, 5.41) is 3.47. The number of amides is 1. The summed E-state index contributed by atoms with van der Waals surface area (Å²) in [6, 6.07) is 7.80. The topological polar surface area (TPSA) is 50.8 Å². The summed E-state index contributed by atoms with van der Waals surface area (Å²) in [5.74, 6) is 0. The highest BCUT2D eigenvalue weighted by Gasteiger charge is 2.23. The molecule has 0 saturated carbocycles. The molecule has 0 radical (unpaired) electrons. The first kappa shape index (κ1) is 15.1. The van der Waals surface area contributed by atoms with Gasteiger partial charge in [-0.15, -0.1) is 0 Å². The lowest BCUT2D eigenvalue weighted by Gasteiger charge is -2.34. The van der Waals surface area contributed by atoms with Gasteiger partial charge in [-0.25, -0.2) is 4.79 Å². The maximum Gasteiger partial charge on any atom is 0.406 e. The lowest BCUT2D eigenvalue weighted by Crippen LogP contribution is -2.43. The van der Waals surface area contributed by atoms with Gasteiger partial charge >= 0.3 is 6.09 Å². The molecule has 1 aromatic rings. The molecule has 2 rings (SSSR count). The van der Waals surface area contributed by atoms with Crippen LogP contribution >= 0.6 is 11.6 Å². The fraction of sp³-hybridized carbons (Fsp3) is 0.500. The number of halogens is 1. The third-order valence-electron chi connectivity index (χ3n) is 3.37. The van der Waals surface area contributed by atoms with Crippen LogP contribution in [0.15, 0.2) is 24.3 Å². The van der Waals surface area contributed by atoms with Gasteiger partial charge in [0.15, 0.2) is 0 Å². The molecule has 1 saturated heterocycles. The largest absolute Gasteiger partial charge is 0.453 e. The molecule has 0 bridgehead atoms. The second-order valence-corrected chi connectivity index (χ2v) is 5.02. The summed E-state index contributed by atoms with van der Waals surface area (Å²) >= 11 is 5.93. The predicted molar refractivity (Wildman–Crippen MR) is 77.0 cm³/mol. The van der Waals surface area contributed by atoms with Gasteiger partial charge in [0.05, 0.1) is 26.4 Å². The first-order valence-corrected chi connectivity index (χ1v) is 6.97. The first-order valence-electron chi connectivity index (χ1n) is 6.60. The van der Waals surface area contributed by atoms with Gasteiger partial charge in [-0.05, 0) is 17.7 Å². The number of rotatable bonds is 4. The number of nitrogens with one attached hydrogen (secondary N) is 1. The fourth-order valence-corrected chi connectivity index (χ4v) is 2.41. The van der Waals surface area contributed by atoms with Crippen molar-refractivity contribution < 1.29 is 14.3 Å². The molecule has 110 valence electrons. The van der Waals surface area contributed by atoms with E-state index < -0.39 is 6.09 Å². The van der Waals surface area contributed by atoms with Crippen molar-refractivity contribution in [2.24, 2.45) is 0 Å². The molecule has 1 heterocycles. The number of hydrogen-bond donors (Lipinski definition) is 1. The van der Waals surface area contributed by atoms with Crippen molar-refractivity contribution >= 4 is 17.7 Å². The lowest BCUT2D eigenvalue weighted by molar-refractivity contribution is 0.0162. The molecule has 1 aromatic carbocycles. The zero-order valence-electron chi connectivity index (χ0n) is 11.5. The zero-order valence-corrected chi connectivity index (χ0v) is 12.2. The summed E-state index contributed by atoms with van der Waals surface area (Å²) < 4.78 is 10.0. The monoisotopic (exact) mass is 298 g/mol. The lowest BCUT2D eigenvalue weighted by atomic mass is 10.0. The Hall–Kier alpha value is -1.30. The third kappa shape index (κ3) is 4.10. The third-order valence-corrected chi connectivity index (χ3v) is 3.62. The normalized spacial score (nSPS) is 17.5. The summed E-state index contributed by atoms with van der Waals surface area (Å²) in [4.78, 5) is 13.6. The molecule has 1 amide bonds. The molecule has 1 N–H and O–H groups in total. The highest BCUT2D eigenvalue weighted by atomic mass is 35.5. The second kappa shape index (κ2) is 7.47. The van der Waals surface area contributed by atoms with Gasteiger partial charge < -0.3 is 14.8 Å². The van der Waals surface area contributed by atoms with E-state index in [4.69, 9.17) is 16.3 Å². The Kier molecular flexibility index (Phi) is 5.64. The van der Waals surface area contributed by atoms with E-state index in [0.717, 1.165) is 18.7 Å². The molecule has 1 aliphatic rings. The Bertz CT molecular complexity index is 433. The van der Waals surface area contributed by atoms with Gasteiger partial charge in [-0.3, -0.25) is 4.90 Å². The van der Waals surface area contributed by atoms with E-state index in [1.165, 1.54) is 7.11 Å². The van der Waals surface area contributed by atoms with Crippen LogP contribution < -0.4 is 5.32 Å². The summed E-state index contributed by atoms with van der Waals surface area (Å²) in [6.45, 7) is 3.60. The Morgan fingerprint density at radius 1 is 1.40 bits per heavy atom. The number of nitrogens with zero attached hydrogens (tertiary/aromatic N) is 1. The van der Waals surface area contributed by atoms with E-state index in [0.29, 0.717) is 24.8 Å². The van der Waals surface area contributed by atoms with Gasteiger partial charge in [0.2, 0.25) is 0 Å². The van der Waals surface area contributed by atoms with E-state index in [2.05, 4.69) is 15.0 Å². The molecule has 6 heteroatoms. The van der Waals surface area contributed by atoms with Gasteiger partial charge in [-0.1, -0.05) is 23.7 Å². The number of methoxy groups -OCH3 is 1. The van der Waals surface area contributed by atoms with Crippen LogP contribution in [0.4, 0.5) is 4.79 Å². The van der Waals surface area contributed by atoms with Crippen LogP contribution in [0, 0.1) is 0 Å². The predicted octanol–water partition coefficient (Wildman–Crippen LogP) is 2.07. The maximum absolute atomic E-state index is 11.3. The number of alkyl carbamates (subject to hydrolysis) is 1. The van der Waals surface area contributed by atoms with E-state index in [-0.39, 0.29) is 6.04 Å². The quantitative estimate of drug-likeness (QED) is 0.924. The number of carbonyl (C=O) groups is 1. The van der Waals surface area contributed by atoms with Crippen molar-refractivity contribution in [3.05, 3.63) is 34.9 Å². The van der Waals surface area contributed by atoms with Gasteiger partial charge in [0, 0.05) is 24.7 Å². The van der Waals surface area contributed by atoms with Crippen molar-refractivity contribution in [2.45, 2.75) is 6.04 Å². The van der Waals surface area contributed by atoms with Gasteiger partial charge in [0.1, 0.15) is 0 Å². The van der Waals surface area contributed by atoms with E-state index in [9.17, 15) is 4.79 Å². The number of carbonyl (C=O) groups excluding carboxylic acids is 1. The van der Waals surface area contributed by atoms with Crippen LogP contribution in [0.1, 0.15) is 11.6 Å². The van der Waals surface area contributed by atoms with Crippen molar-refractivity contribution in [1.29, 1.82) is 0 Å². The number of benzene rings is 1. The highest BCUT2D eigenvalue weighted by molar-refractivity contribution is 6.30. The average Bonchev–Trinajstić information content (AvgIpc) is 2.50. The summed E-state index contributed by atoms with van der Waals surface area (Å²) in [7, 11) is 1.36. The smallest absolute Gasteiger partial charge is 0.406 e. The van der Waals surface area contributed by atoms with Gasteiger partial charge in [0.25, 0.3) is 0 Å². The molecular formula is C14H19ClN2O3. The Morgan fingerprint density at radius 2 is 2.05 bits per heavy atom. The molecule has 1 aliphatic heterocycles. The molecule has 1 unspecified atom stereocenters. The van der Waals surface area contributed by atoms with Crippen LogP contribution in [0.5, 0.6) is 0 Å². The molecule has 1 fully saturated rings. The number of hydrogen-bond acceptors (Lipinski definition) is 4. The Labute approximate surface area is 123 Å². The van der Waals surface area contributed by atoms with Crippen molar-refractivity contribution in [1.82, 2.24) is 10.2 Å². The highest BCUT2D eigenvalue weighted by Crippen LogP contribution is 2.23. The number of ether oxygens (including phenoxy) is 2. The van der Waals surface area contributed by atoms with Crippen LogP contribution in [0.3, 0.4) is 0 Å². The Morgan fingerprint density at radius 3 is 2.65 bits per heavy atom. The van der Waals surface area contributed by atoms with Crippen LogP contribution in [-0.2, 0) is 9.47 Å². The van der Waals surface area contributed by atoms with E-state index in [1.54, 1.807) is 0 Å². The zero-order chi connectivity index (χ0) is 14.4. The molecule has 0 aromatic heterocycles. The van der Waals surface area contributed by atoms with Crippen LogP contribution in [-0.4, -0.2) is 51.0 Å². The molecule has 20 heavy (non-hydrogen) atoms. The Balaban J connectivity index is 2.09. The van der Waals surface area contributed by atoms with Crippen LogP contribution in [0.2, 0.25) is 5.02 Å². The minimum absolute atomic E-state index is 0.0928. The maximum atomic E-state index is 11.3. The van der Waals surface area contributed by atoms with Crippen molar-refractivity contribution in [3.63, 3.8) is 0 Å². The molecular weight excluding hydrogens is 280 g/mol. The molecule has 0 aliphatic carbocycles. The minimum Gasteiger partial charge on any atom is -0.453 e. The fourth-order valence-electron chi connectivity index (χ4n) is 2.28. The SMILES string of the molecule is COC(=O)NCC(c1ccc(Cl)cc1)N1CCOCC1. The van der Waals surface area contributed by atoms with Crippen molar-refractivity contribution in [2.75, 3.05) is 40.0 Å². The molecule has 0 spiro atoms. The summed E-state index contributed by atoms with van der Waals surface area (Å²) in [5.41, 5.74) is 1.12. The van der Waals surface area contributed by atoms with Crippen molar-refractivity contribution in [3.8, 4) is 0 Å². The van der Waals surface area contributed by atoms with E-state index >= 15 is 0 Å². The van der Waals surface area contributed by atoms with Crippen LogP contribution in [0.25, 0.3) is 0 Å².